The van der Waals surface area contributed by atoms with Gasteiger partial charge >= 0.3 is 5.97 Å². The molecule has 0 aliphatic rings. The van der Waals surface area contributed by atoms with Gasteiger partial charge in [0.15, 0.2) is 0 Å². The first kappa shape index (κ1) is 15.8. The highest BCUT2D eigenvalue weighted by Gasteiger charge is 2.10. The van der Waals surface area contributed by atoms with E-state index >= 15 is 0 Å². The molecule has 3 N–H and O–H groups in total. The van der Waals surface area contributed by atoms with Crippen molar-refractivity contribution in [2.45, 2.75) is 19.8 Å². The van der Waals surface area contributed by atoms with Crippen LogP contribution in [0.25, 0.3) is 0 Å². The Labute approximate surface area is 118 Å². The van der Waals surface area contributed by atoms with Gasteiger partial charge in [0.2, 0.25) is 0 Å². The lowest BCUT2D eigenvalue weighted by molar-refractivity contribution is -0.143. The number of hydrogen-bond acceptors (Lipinski definition) is 5. The van der Waals surface area contributed by atoms with E-state index in [9.17, 15) is 9.59 Å². The number of anilines is 1. The van der Waals surface area contributed by atoms with Crippen molar-refractivity contribution in [3.63, 3.8) is 0 Å². The van der Waals surface area contributed by atoms with E-state index in [1.165, 1.54) is 7.11 Å². The molecule has 1 aromatic rings. The number of nitrogen functional groups attached to an aromatic ring is 1. The molecule has 0 saturated carbocycles. The molecule has 0 heterocycles. The van der Waals surface area contributed by atoms with Gasteiger partial charge in [-0.1, -0.05) is 0 Å². The second kappa shape index (κ2) is 8.04. The molecular formula is C14H20N2O4. The van der Waals surface area contributed by atoms with Crippen LogP contribution >= 0.6 is 0 Å². The largest absolute Gasteiger partial charge is 0.497 e. The molecule has 0 fully saturated rings. The molecule has 0 aromatic heterocycles. The lowest BCUT2D eigenvalue weighted by atomic mass is 10.1. The monoisotopic (exact) mass is 280 g/mol. The fourth-order valence-corrected chi connectivity index (χ4v) is 1.64. The van der Waals surface area contributed by atoms with Crippen molar-refractivity contribution in [1.82, 2.24) is 5.32 Å². The van der Waals surface area contributed by atoms with Crippen LogP contribution in [0.15, 0.2) is 18.2 Å². The lowest BCUT2D eigenvalue weighted by Gasteiger charge is -2.08. The molecule has 1 aromatic carbocycles. The van der Waals surface area contributed by atoms with Crippen LogP contribution in [0.3, 0.4) is 0 Å². The number of ether oxygens (including phenoxy) is 2. The SMILES string of the molecule is CCOC(=O)CCCNC(=O)c1ccc(OC)cc1N. The Hall–Kier alpha value is -2.24. The summed E-state index contributed by atoms with van der Waals surface area (Å²) >= 11 is 0. The first-order valence-corrected chi connectivity index (χ1v) is 6.45. The van der Waals surface area contributed by atoms with Crippen LogP contribution in [0.4, 0.5) is 5.69 Å². The minimum absolute atomic E-state index is 0.259. The zero-order chi connectivity index (χ0) is 15.0. The number of nitrogens with two attached hydrogens (primary N) is 1. The Morgan fingerprint density at radius 1 is 1.35 bits per heavy atom. The molecular weight excluding hydrogens is 260 g/mol. The van der Waals surface area contributed by atoms with E-state index in [1.54, 1.807) is 25.1 Å². The topological polar surface area (TPSA) is 90.6 Å². The van der Waals surface area contributed by atoms with Gasteiger partial charge in [-0.05, 0) is 25.5 Å². The summed E-state index contributed by atoms with van der Waals surface area (Å²) in [6, 6.07) is 4.87. The van der Waals surface area contributed by atoms with Crippen molar-refractivity contribution in [3.05, 3.63) is 23.8 Å². The van der Waals surface area contributed by atoms with Gasteiger partial charge in [0.25, 0.3) is 5.91 Å². The molecule has 0 aliphatic heterocycles. The molecule has 20 heavy (non-hydrogen) atoms. The molecule has 110 valence electrons. The average Bonchev–Trinajstić information content (AvgIpc) is 2.43. The van der Waals surface area contributed by atoms with Gasteiger partial charge in [-0.25, -0.2) is 0 Å². The minimum Gasteiger partial charge on any atom is -0.497 e. The molecule has 6 nitrogen and oxygen atoms in total. The van der Waals surface area contributed by atoms with Crippen molar-refractivity contribution < 1.29 is 19.1 Å². The van der Waals surface area contributed by atoms with Gasteiger partial charge in [-0.15, -0.1) is 0 Å². The Kier molecular flexibility index (Phi) is 6.36. The van der Waals surface area contributed by atoms with Gasteiger partial charge in [0.05, 0.1) is 19.3 Å². The quantitative estimate of drug-likeness (QED) is 0.447. The van der Waals surface area contributed by atoms with Gasteiger partial charge in [0, 0.05) is 24.7 Å². The number of benzene rings is 1. The standard InChI is InChI=1S/C14H20N2O4/c1-3-20-13(17)5-4-8-16-14(18)11-7-6-10(19-2)9-12(11)15/h6-7,9H,3-5,8,15H2,1-2H3,(H,16,18). The predicted molar refractivity (Wildman–Crippen MR) is 75.6 cm³/mol. The maximum atomic E-state index is 11.9. The molecule has 0 radical (unpaired) electrons. The molecule has 0 atom stereocenters. The molecule has 6 heteroatoms. The van der Waals surface area contributed by atoms with Gasteiger partial charge in [-0.2, -0.15) is 0 Å². The van der Waals surface area contributed by atoms with Gasteiger partial charge < -0.3 is 20.5 Å². The lowest BCUT2D eigenvalue weighted by Crippen LogP contribution is -2.25. The predicted octanol–water partition coefficient (Wildman–Crippen LogP) is 1.35. The van der Waals surface area contributed by atoms with Crippen LogP contribution in [0.5, 0.6) is 5.75 Å². The molecule has 0 spiro atoms. The van der Waals surface area contributed by atoms with Crippen molar-refractivity contribution in [1.29, 1.82) is 0 Å². The number of rotatable bonds is 7. The summed E-state index contributed by atoms with van der Waals surface area (Å²) in [7, 11) is 1.53. The third kappa shape index (κ3) is 4.79. The van der Waals surface area contributed by atoms with Crippen molar-refractivity contribution in [2.24, 2.45) is 0 Å². The van der Waals surface area contributed by atoms with Crippen LogP contribution in [0.1, 0.15) is 30.1 Å². The van der Waals surface area contributed by atoms with Crippen LogP contribution in [-0.2, 0) is 9.53 Å². The van der Waals surface area contributed by atoms with E-state index in [4.69, 9.17) is 15.2 Å². The molecule has 0 aliphatic carbocycles. The van der Waals surface area contributed by atoms with Gasteiger partial charge in [-0.3, -0.25) is 9.59 Å². The van der Waals surface area contributed by atoms with Crippen LogP contribution in [-0.4, -0.2) is 32.1 Å². The van der Waals surface area contributed by atoms with Crippen LogP contribution in [0.2, 0.25) is 0 Å². The summed E-state index contributed by atoms with van der Waals surface area (Å²) in [5, 5.41) is 2.71. The number of esters is 1. The zero-order valence-electron chi connectivity index (χ0n) is 11.8. The Morgan fingerprint density at radius 2 is 2.10 bits per heavy atom. The highest BCUT2D eigenvalue weighted by Crippen LogP contribution is 2.19. The first-order valence-electron chi connectivity index (χ1n) is 6.45. The number of amides is 1. The van der Waals surface area contributed by atoms with Crippen molar-refractivity contribution >= 4 is 17.6 Å². The summed E-state index contributed by atoms with van der Waals surface area (Å²) in [5.74, 6) is 0.0704. The molecule has 1 amide bonds. The Bertz CT molecular complexity index is 474. The fraction of sp³-hybridized carbons (Fsp3) is 0.429. The van der Waals surface area contributed by atoms with Crippen molar-refractivity contribution in [3.8, 4) is 5.75 Å². The number of hydrogen-bond donors (Lipinski definition) is 2. The fourth-order valence-electron chi connectivity index (χ4n) is 1.64. The summed E-state index contributed by atoms with van der Waals surface area (Å²) in [6.45, 7) is 2.52. The third-order valence-electron chi connectivity index (χ3n) is 2.65. The summed E-state index contributed by atoms with van der Waals surface area (Å²) in [5.41, 5.74) is 6.52. The summed E-state index contributed by atoms with van der Waals surface area (Å²) < 4.78 is 9.81. The van der Waals surface area contributed by atoms with Crippen LogP contribution < -0.4 is 15.8 Å². The maximum absolute atomic E-state index is 11.9. The number of methoxy groups -OCH3 is 1. The number of carbonyl (C=O) groups is 2. The Morgan fingerprint density at radius 3 is 2.70 bits per heavy atom. The maximum Gasteiger partial charge on any atom is 0.305 e. The smallest absolute Gasteiger partial charge is 0.305 e. The Balaban J connectivity index is 2.41. The van der Waals surface area contributed by atoms with E-state index in [0.29, 0.717) is 36.6 Å². The van der Waals surface area contributed by atoms with E-state index < -0.39 is 0 Å². The molecule has 0 unspecified atom stereocenters. The third-order valence-corrected chi connectivity index (χ3v) is 2.65. The van der Waals surface area contributed by atoms with Crippen molar-refractivity contribution in [2.75, 3.05) is 26.0 Å². The number of nitrogens with one attached hydrogen (secondary N) is 1. The molecule has 1 rings (SSSR count). The van der Waals surface area contributed by atoms with Gasteiger partial charge in [0.1, 0.15) is 5.75 Å². The zero-order valence-corrected chi connectivity index (χ0v) is 11.8. The number of carbonyl (C=O) groups excluding carboxylic acids is 2. The second-order valence-corrected chi connectivity index (χ2v) is 4.12. The van der Waals surface area contributed by atoms with E-state index in [0.717, 1.165) is 0 Å². The highest BCUT2D eigenvalue weighted by molar-refractivity contribution is 5.99. The highest BCUT2D eigenvalue weighted by atomic mass is 16.5. The van der Waals surface area contributed by atoms with Crippen LogP contribution in [0, 0.1) is 0 Å². The van der Waals surface area contributed by atoms with E-state index in [-0.39, 0.29) is 18.3 Å². The summed E-state index contributed by atoms with van der Waals surface area (Å²) in [4.78, 5) is 23.0. The molecule has 0 saturated heterocycles. The average molecular weight is 280 g/mol. The van der Waals surface area contributed by atoms with E-state index in [1.807, 2.05) is 0 Å². The summed E-state index contributed by atoms with van der Waals surface area (Å²) in [6.07, 6.45) is 0.812. The molecule has 0 bridgehead atoms. The normalized spacial score (nSPS) is 9.90. The van der Waals surface area contributed by atoms with E-state index in [2.05, 4.69) is 5.32 Å². The minimum atomic E-state index is -0.269. The first-order chi connectivity index (χ1) is 9.58. The second-order valence-electron chi connectivity index (χ2n) is 4.12.